The van der Waals surface area contributed by atoms with E-state index in [2.05, 4.69) is 15.1 Å². The smallest absolute Gasteiger partial charge is 0.337 e. The molecule has 2 aromatic carbocycles. The number of hydrogen-bond donors (Lipinski definition) is 0. The van der Waals surface area contributed by atoms with Crippen LogP contribution in [0.1, 0.15) is 11.1 Å². The summed E-state index contributed by atoms with van der Waals surface area (Å²) < 4.78 is 68.4. The average molecular weight is 503 g/mol. The number of piperazine rings is 1. The van der Waals surface area contributed by atoms with Gasteiger partial charge in [-0.25, -0.2) is 13.4 Å². The van der Waals surface area contributed by atoms with Crippen molar-refractivity contribution in [2.24, 2.45) is 0 Å². The lowest BCUT2D eigenvalue weighted by Crippen LogP contribution is -2.49. The highest BCUT2D eigenvalue weighted by Crippen LogP contribution is 2.32. The lowest BCUT2D eigenvalue weighted by Gasteiger charge is -2.33. The van der Waals surface area contributed by atoms with E-state index in [0.29, 0.717) is 30.3 Å². The third-order valence-electron chi connectivity index (χ3n) is 5.86. The molecule has 1 fully saturated rings. The van der Waals surface area contributed by atoms with E-state index in [1.807, 2.05) is 17.9 Å². The summed E-state index contributed by atoms with van der Waals surface area (Å²) in [4.78, 5) is 10.7. The minimum absolute atomic E-state index is 0.240. The van der Waals surface area contributed by atoms with Crippen molar-refractivity contribution < 1.29 is 21.6 Å². The second-order valence-electron chi connectivity index (χ2n) is 8.24. The maximum atomic E-state index is 13.2. The van der Waals surface area contributed by atoms with E-state index < -0.39 is 21.8 Å². The molecular weight excluding hydrogens is 481 g/mol. The fourth-order valence-corrected chi connectivity index (χ4v) is 5.57. The molecule has 0 atom stereocenters. The van der Waals surface area contributed by atoms with Gasteiger partial charge in [-0.1, -0.05) is 24.3 Å². The first-order valence-electron chi connectivity index (χ1n) is 10.8. The molecule has 1 aliphatic rings. The minimum Gasteiger partial charge on any atom is -0.337 e. The van der Waals surface area contributed by atoms with Crippen LogP contribution in [0, 0.1) is 6.92 Å². The van der Waals surface area contributed by atoms with Crippen LogP contribution in [0.2, 0.25) is 0 Å². The standard InChI is InChI=1S/C23H21F3N6O2S/c1-16-4-2-7-19(14-16)35(33,34)31-12-10-30(11-13-31)22-28-21-27-9-8-20(32(21)29-22)17-5-3-6-18(15-17)23(24,25)26/h2-9,14-15H,10-13H2,1H3. The molecule has 0 aliphatic carbocycles. The molecule has 2 aromatic heterocycles. The van der Waals surface area contributed by atoms with Crippen LogP contribution < -0.4 is 4.90 Å². The van der Waals surface area contributed by atoms with Crippen molar-refractivity contribution in [3.8, 4) is 11.3 Å². The summed E-state index contributed by atoms with van der Waals surface area (Å²) in [5, 5.41) is 4.48. The van der Waals surface area contributed by atoms with Gasteiger partial charge in [0.15, 0.2) is 0 Å². The van der Waals surface area contributed by atoms with Crippen molar-refractivity contribution in [3.05, 3.63) is 71.9 Å². The van der Waals surface area contributed by atoms with Crippen molar-refractivity contribution in [2.45, 2.75) is 18.0 Å². The van der Waals surface area contributed by atoms with E-state index in [1.54, 1.807) is 30.3 Å². The third kappa shape index (κ3) is 4.46. The number of aromatic nitrogens is 4. The van der Waals surface area contributed by atoms with Crippen LogP contribution in [-0.4, -0.2) is 58.5 Å². The van der Waals surface area contributed by atoms with Gasteiger partial charge in [-0.2, -0.15) is 27.0 Å². The van der Waals surface area contributed by atoms with Crippen LogP contribution in [0.25, 0.3) is 17.0 Å². The highest BCUT2D eigenvalue weighted by Gasteiger charge is 2.31. The fourth-order valence-electron chi connectivity index (χ4n) is 4.04. The van der Waals surface area contributed by atoms with Crippen LogP contribution in [0.3, 0.4) is 0 Å². The van der Waals surface area contributed by atoms with Gasteiger partial charge < -0.3 is 4.90 Å². The highest BCUT2D eigenvalue weighted by molar-refractivity contribution is 7.89. The van der Waals surface area contributed by atoms with E-state index in [-0.39, 0.29) is 23.8 Å². The van der Waals surface area contributed by atoms with Gasteiger partial charge in [-0.3, -0.25) is 0 Å². The van der Waals surface area contributed by atoms with Crippen molar-refractivity contribution >= 4 is 21.7 Å². The molecule has 182 valence electrons. The van der Waals surface area contributed by atoms with Gasteiger partial charge in [0.25, 0.3) is 5.78 Å². The van der Waals surface area contributed by atoms with E-state index in [9.17, 15) is 21.6 Å². The van der Waals surface area contributed by atoms with Gasteiger partial charge in [0.05, 0.1) is 16.2 Å². The lowest BCUT2D eigenvalue weighted by atomic mass is 10.1. The summed E-state index contributed by atoms with van der Waals surface area (Å²) in [6.07, 6.45) is -3.00. The number of aryl methyl sites for hydroxylation is 1. The third-order valence-corrected chi connectivity index (χ3v) is 7.76. The summed E-state index contributed by atoms with van der Waals surface area (Å²) in [5.74, 6) is 0.578. The number of hydrogen-bond acceptors (Lipinski definition) is 6. The quantitative estimate of drug-likeness (QED) is 0.424. The molecule has 0 spiro atoms. The van der Waals surface area contributed by atoms with Crippen molar-refractivity contribution in [3.63, 3.8) is 0 Å². The Bertz CT molecular complexity index is 1490. The first-order valence-corrected chi connectivity index (χ1v) is 12.3. The SMILES string of the molecule is Cc1cccc(S(=O)(=O)N2CCN(c3nc4nccc(-c5cccc(C(F)(F)F)c5)n4n3)CC2)c1. The Balaban J connectivity index is 1.39. The maximum Gasteiger partial charge on any atom is 0.416 e. The molecule has 0 bridgehead atoms. The zero-order valence-electron chi connectivity index (χ0n) is 18.6. The van der Waals surface area contributed by atoms with Gasteiger partial charge in [-0.05, 0) is 42.8 Å². The maximum absolute atomic E-state index is 13.2. The summed E-state index contributed by atoms with van der Waals surface area (Å²) in [5.41, 5.74) is 0.854. The monoisotopic (exact) mass is 502 g/mol. The Morgan fingerprint density at radius 2 is 1.69 bits per heavy atom. The van der Waals surface area contributed by atoms with Crippen molar-refractivity contribution in [1.82, 2.24) is 23.9 Å². The molecule has 12 heteroatoms. The topological polar surface area (TPSA) is 83.7 Å². The summed E-state index contributed by atoms with van der Waals surface area (Å²) in [6.45, 7) is 3.06. The predicted octanol–water partition coefficient (Wildman–Crippen LogP) is 3.63. The average Bonchev–Trinajstić information content (AvgIpc) is 3.28. The zero-order valence-corrected chi connectivity index (χ0v) is 19.5. The summed E-state index contributed by atoms with van der Waals surface area (Å²) in [6, 6.07) is 13.3. The molecule has 8 nitrogen and oxygen atoms in total. The van der Waals surface area contributed by atoms with E-state index in [4.69, 9.17) is 0 Å². The predicted molar refractivity (Wildman–Crippen MR) is 123 cm³/mol. The van der Waals surface area contributed by atoms with Crippen LogP contribution >= 0.6 is 0 Å². The largest absolute Gasteiger partial charge is 0.416 e. The second-order valence-corrected chi connectivity index (χ2v) is 10.2. The van der Waals surface area contributed by atoms with E-state index in [1.165, 1.54) is 21.1 Å². The first kappa shape index (κ1) is 23.2. The molecule has 1 aliphatic heterocycles. The van der Waals surface area contributed by atoms with Gasteiger partial charge in [0.2, 0.25) is 16.0 Å². The van der Waals surface area contributed by atoms with E-state index in [0.717, 1.165) is 17.7 Å². The van der Waals surface area contributed by atoms with Gasteiger partial charge in [0, 0.05) is 37.9 Å². The van der Waals surface area contributed by atoms with Crippen LogP contribution in [0.15, 0.2) is 65.7 Å². The molecule has 0 unspecified atom stereocenters. The summed E-state index contributed by atoms with van der Waals surface area (Å²) >= 11 is 0. The van der Waals surface area contributed by atoms with Gasteiger partial charge in [0.1, 0.15) is 0 Å². The molecule has 1 saturated heterocycles. The Hall–Kier alpha value is -3.51. The number of anilines is 1. The van der Waals surface area contributed by atoms with E-state index >= 15 is 0 Å². The number of benzene rings is 2. The molecule has 3 heterocycles. The normalized spacial score (nSPS) is 15.6. The van der Waals surface area contributed by atoms with Crippen LogP contribution in [0.4, 0.5) is 19.1 Å². The fraction of sp³-hybridized carbons (Fsp3) is 0.261. The molecule has 0 radical (unpaired) electrons. The molecule has 0 amide bonds. The summed E-state index contributed by atoms with van der Waals surface area (Å²) in [7, 11) is -3.62. The van der Waals surface area contributed by atoms with Crippen molar-refractivity contribution in [1.29, 1.82) is 0 Å². The Kier molecular flexibility index (Phi) is 5.72. The molecule has 0 N–H and O–H groups in total. The first-order chi connectivity index (χ1) is 16.6. The van der Waals surface area contributed by atoms with Crippen molar-refractivity contribution in [2.75, 3.05) is 31.1 Å². The number of sulfonamides is 1. The van der Waals surface area contributed by atoms with Crippen LogP contribution in [-0.2, 0) is 16.2 Å². The number of rotatable bonds is 4. The number of halogens is 3. The molecule has 5 rings (SSSR count). The minimum atomic E-state index is -4.46. The number of alkyl halides is 3. The number of fused-ring (bicyclic) bond motifs is 1. The zero-order chi connectivity index (χ0) is 24.8. The lowest BCUT2D eigenvalue weighted by molar-refractivity contribution is -0.137. The van der Waals surface area contributed by atoms with Gasteiger partial charge in [-0.15, -0.1) is 5.10 Å². The molecule has 0 saturated carbocycles. The molecular formula is C23H21F3N6O2S. The Morgan fingerprint density at radius 1 is 0.943 bits per heavy atom. The van der Waals surface area contributed by atoms with Crippen LogP contribution in [0.5, 0.6) is 0 Å². The highest BCUT2D eigenvalue weighted by atomic mass is 32.2. The molecule has 4 aromatic rings. The Labute approximate surface area is 199 Å². The number of nitrogens with zero attached hydrogens (tertiary/aromatic N) is 6. The Morgan fingerprint density at radius 3 is 2.40 bits per heavy atom. The van der Waals surface area contributed by atoms with Gasteiger partial charge >= 0.3 is 6.18 Å². The molecule has 35 heavy (non-hydrogen) atoms. The second kappa shape index (κ2) is 8.61.